The highest BCUT2D eigenvalue weighted by atomic mass is 35.5. The molecule has 0 spiro atoms. The topological polar surface area (TPSA) is 69.7 Å². The Morgan fingerprint density at radius 3 is 2.16 bits per heavy atom. The summed E-state index contributed by atoms with van der Waals surface area (Å²) in [6.45, 7) is 5.37. The van der Waals surface area contributed by atoms with E-state index in [1.54, 1.807) is 28.0 Å². The highest BCUT2D eigenvalue weighted by Crippen LogP contribution is 2.27. The van der Waals surface area contributed by atoms with Crippen LogP contribution in [0.5, 0.6) is 0 Å². The summed E-state index contributed by atoms with van der Waals surface area (Å²) in [4.78, 5) is 41.9. The lowest BCUT2D eigenvalue weighted by Gasteiger charge is -2.37. The maximum Gasteiger partial charge on any atom is 0.255 e. The van der Waals surface area contributed by atoms with Gasteiger partial charge in [0.15, 0.2) is 0 Å². The predicted molar refractivity (Wildman–Crippen MR) is 126 cm³/mol. The van der Waals surface area contributed by atoms with E-state index in [0.717, 1.165) is 5.56 Å². The molecule has 3 amide bonds. The van der Waals surface area contributed by atoms with E-state index in [-0.39, 0.29) is 35.1 Å². The van der Waals surface area contributed by atoms with Gasteiger partial charge in [0.05, 0.1) is 22.0 Å². The summed E-state index contributed by atoms with van der Waals surface area (Å²) in [5.74, 6) is -0.588. The summed E-state index contributed by atoms with van der Waals surface area (Å²) >= 11 is 12.2. The van der Waals surface area contributed by atoms with Gasteiger partial charge in [0.1, 0.15) is 6.04 Å². The fraction of sp³-hybridized carbons (Fsp3) is 0.375. The monoisotopic (exact) mass is 475 g/mol. The molecule has 0 aromatic heterocycles. The highest BCUT2D eigenvalue weighted by Gasteiger charge is 2.32. The van der Waals surface area contributed by atoms with E-state index in [1.807, 2.05) is 44.2 Å². The van der Waals surface area contributed by atoms with Gasteiger partial charge >= 0.3 is 0 Å². The number of amides is 3. The van der Waals surface area contributed by atoms with E-state index in [4.69, 9.17) is 23.2 Å². The van der Waals surface area contributed by atoms with Crippen molar-refractivity contribution in [1.82, 2.24) is 15.1 Å². The smallest absolute Gasteiger partial charge is 0.255 e. The minimum Gasteiger partial charge on any atom is -0.344 e. The van der Waals surface area contributed by atoms with Gasteiger partial charge < -0.3 is 15.1 Å². The average molecular weight is 476 g/mol. The predicted octanol–water partition coefficient (Wildman–Crippen LogP) is 3.66. The van der Waals surface area contributed by atoms with Gasteiger partial charge in [-0.05, 0) is 23.6 Å². The SMILES string of the molecule is CC(C)C(NC(=O)Cc1ccccc1)C(=O)N1CCN(C(=O)c2cccc(Cl)c2Cl)CC1. The zero-order chi connectivity index (χ0) is 23.3. The van der Waals surface area contributed by atoms with Crippen molar-refractivity contribution in [3.8, 4) is 0 Å². The lowest BCUT2D eigenvalue weighted by atomic mass is 10.0. The number of hydrogen-bond acceptors (Lipinski definition) is 3. The van der Waals surface area contributed by atoms with Gasteiger partial charge in [0.25, 0.3) is 5.91 Å². The quantitative estimate of drug-likeness (QED) is 0.692. The normalized spacial score (nSPS) is 14.9. The van der Waals surface area contributed by atoms with E-state index < -0.39 is 6.04 Å². The lowest BCUT2D eigenvalue weighted by molar-refractivity contribution is -0.138. The Bertz CT molecular complexity index is 974. The van der Waals surface area contributed by atoms with Crippen LogP contribution < -0.4 is 5.32 Å². The largest absolute Gasteiger partial charge is 0.344 e. The number of nitrogens with one attached hydrogen (secondary N) is 1. The minimum absolute atomic E-state index is 0.0628. The van der Waals surface area contributed by atoms with Crippen LogP contribution in [-0.4, -0.2) is 59.7 Å². The second-order valence-electron chi connectivity index (χ2n) is 8.17. The fourth-order valence-corrected chi connectivity index (χ4v) is 4.07. The first-order valence-corrected chi connectivity index (χ1v) is 11.4. The third kappa shape index (κ3) is 5.81. The maximum atomic E-state index is 13.1. The molecule has 1 atom stereocenters. The van der Waals surface area contributed by atoms with Crippen LogP contribution >= 0.6 is 23.2 Å². The summed E-state index contributed by atoms with van der Waals surface area (Å²) in [6.07, 6.45) is 0.222. The number of nitrogens with zero attached hydrogens (tertiary/aromatic N) is 2. The van der Waals surface area contributed by atoms with Crippen molar-refractivity contribution in [3.63, 3.8) is 0 Å². The Kier molecular flexibility index (Phi) is 8.15. The summed E-state index contributed by atoms with van der Waals surface area (Å²) in [5, 5.41) is 3.46. The zero-order valence-electron chi connectivity index (χ0n) is 18.2. The Morgan fingerprint density at radius 2 is 1.53 bits per heavy atom. The zero-order valence-corrected chi connectivity index (χ0v) is 19.7. The molecule has 1 aliphatic heterocycles. The molecule has 1 saturated heterocycles. The van der Waals surface area contributed by atoms with E-state index in [1.165, 1.54) is 0 Å². The highest BCUT2D eigenvalue weighted by molar-refractivity contribution is 6.43. The van der Waals surface area contributed by atoms with Gasteiger partial charge in [-0.25, -0.2) is 0 Å². The molecular weight excluding hydrogens is 449 g/mol. The summed E-state index contributed by atoms with van der Waals surface area (Å²) < 4.78 is 0. The minimum atomic E-state index is -0.615. The summed E-state index contributed by atoms with van der Waals surface area (Å²) in [7, 11) is 0. The number of carbonyl (C=O) groups is 3. The lowest BCUT2D eigenvalue weighted by Crippen LogP contribution is -2.57. The first kappa shape index (κ1) is 24.1. The number of rotatable bonds is 6. The molecule has 1 unspecified atom stereocenters. The number of halogens is 2. The molecule has 170 valence electrons. The van der Waals surface area contributed by atoms with E-state index >= 15 is 0 Å². The van der Waals surface area contributed by atoms with Crippen molar-refractivity contribution < 1.29 is 14.4 Å². The third-order valence-corrected chi connectivity index (χ3v) is 6.34. The number of benzene rings is 2. The van der Waals surface area contributed by atoms with E-state index in [9.17, 15) is 14.4 Å². The molecule has 6 nitrogen and oxygen atoms in total. The second kappa shape index (κ2) is 10.8. The molecule has 32 heavy (non-hydrogen) atoms. The van der Waals surface area contributed by atoms with Crippen LogP contribution in [0.4, 0.5) is 0 Å². The molecule has 2 aromatic rings. The van der Waals surface area contributed by atoms with Crippen molar-refractivity contribution in [2.24, 2.45) is 5.92 Å². The van der Waals surface area contributed by atoms with Crippen molar-refractivity contribution >= 4 is 40.9 Å². The molecule has 0 bridgehead atoms. The van der Waals surface area contributed by atoms with Crippen LogP contribution in [0.25, 0.3) is 0 Å². The van der Waals surface area contributed by atoms with Crippen LogP contribution in [0.15, 0.2) is 48.5 Å². The molecule has 0 radical (unpaired) electrons. The molecule has 0 aliphatic carbocycles. The van der Waals surface area contributed by atoms with Crippen molar-refractivity contribution in [2.45, 2.75) is 26.3 Å². The average Bonchev–Trinajstić information content (AvgIpc) is 2.79. The Morgan fingerprint density at radius 1 is 0.906 bits per heavy atom. The number of piperazine rings is 1. The molecule has 1 aliphatic rings. The van der Waals surface area contributed by atoms with Gasteiger partial charge in [-0.3, -0.25) is 14.4 Å². The van der Waals surface area contributed by atoms with Crippen molar-refractivity contribution in [2.75, 3.05) is 26.2 Å². The van der Waals surface area contributed by atoms with Gasteiger partial charge in [0, 0.05) is 26.2 Å². The third-order valence-electron chi connectivity index (χ3n) is 5.52. The van der Waals surface area contributed by atoms with Gasteiger partial charge in [-0.15, -0.1) is 0 Å². The van der Waals surface area contributed by atoms with E-state index in [0.29, 0.717) is 36.8 Å². The first-order valence-electron chi connectivity index (χ1n) is 10.6. The van der Waals surface area contributed by atoms with Crippen LogP contribution in [0.2, 0.25) is 10.0 Å². The van der Waals surface area contributed by atoms with E-state index in [2.05, 4.69) is 5.32 Å². The van der Waals surface area contributed by atoms with Crippen molar-refractivity contribution in [3.05, 3.63) is 69.7 Å². The van der Waals surface area contributed by atoms with Crippen LogP contribution in [0.3, 0.4) is 0 Å². The summed E-state index contributed by atoms with van der Waals surface area (Å²) in [6, 6.07) is 13.8. The maximum absolute atomic E-state index is 13.1. The standard InChI is InChI=1S/C24H27Cl2N3O3/c1-16(2)22(27-20(30)15-17-7-4-3-5-8-17)24(32)29-13-11-28(12-14-29)23(31)18-9-6-10-19(25)21(18)26/h3-10,16,22H,11-15H2,1-2H3,(H,27,30). The Hall–Kier alpha value is -2.57. The second-order valence-corrected chi connectivity index (χ2v) is 8.96. The fourth-order valence-electron chi connectivity index (χ4n) is 3.69. The summed E-state index contributed by atoms with van der Waals surface area (Å²) in [5.41, 5.74) is 1.25. The Balaban J connectivity index is 1.59. The molecule has 1 fully saturated rings. The molecule has 1 N–H and O–H groups in total. The van der Waals surface area contributed by atoms with Gasteiger partial charge in [-0.1, -0.05) is 73.4 Å². The van der Waals surface area contributed by atoms with Gasteiger partial charge in [-0.2, -0.15) is 0 Å². The van der Waals surface area contributed by atoms with Crippen LogP contribution in [0.1, 0.15) is 29.8 Å². The van der Waals surface area contributed by atoms with Crippen LogP contribution in [-0.2, 0) is 16.0 Å². The van der Waals surface area contributed by atoms with Crippen molar-refractivity contribution in [1.29, 1.82) is 0 Å². The molecule has 3 rings (SSSR count). The molecule has 2 aromatic carbocycles. The molecule has 1 heterocycles. The molecule has 0 saturated carbocycles. The van der Waals surface area contributed by atoms with Gasteiger partial charge in [0.2, 0.25) is 11.8 Å². The molecule has 8 heteroatoms. The number of hydrogen-bond donors (Lipinski definition) is 1. The number of carbonyl (C=O) groups excluding carboxylic acids is 3. The Labute approximate surface area is 198 Å². The first-order chi connectivity index (χ1) is 15.3. The molecular formula is C24H27Cl2N3O3. The van der Waals surface area contributed by atoms with Crippen LogP contribution in [0, 0.1) is 5.92 Å².